The molecule has 0 aromatic carbocycles. The van der Waals surface area contributed by atoms with Crippen LogP contribution < -0.4 is 11.2 Å². The van der Waals surface area contributed by atoms with Crippen molar-refractivity contribution < 1.29 is 4.59 Å². The van der Waals surface area contributed by atoms with Crippen molar-refractivity contribution in [3.63, 3.8) is 0 Å². The molecule has 0 aliphatic carbocycles. The maximum absolute atomic E-state index is 5.63. The first-order chi connectivity index (χ1) is 5.13. The van der Waals surface area contributed by atoms with Crippen molar-refractivity contribution in [1.82, 2.24) is 5.43 Å². The lowest BCUT2D eigenvalue weighted by Gasteiger charge is -2.21. The van der Waals surface area contributed by atoms with Crippen LogP contribution in [-0.4, -0.2) is 23.4 Å². The van der Waals surface area contributed by atoms with Gasteiger partial charge in [0.25, 0.3) is 5.84 Å². The lowest BCUT2D eigenvalue weighted by atomic mass is 10.4. The molecule has 0 aromatic heterocycles. The highest BCUT2D eigenvalue weighted by molar-refractivity contribution is 5.99. The van der Waals surface area contributed by atoms with Crippen LogP contribution in [0.25, 0.3) is 0 Å². The van der Waals surface area contributed by atoms with E-state index in [1.807, 2.05) is 20.0 Å². The van der Waals surface area contributed by atoms with Gasteiger partial charge in [0.1, 0.15) is 7.05 Å². The summed E-state index contributed by atoms with van der Waals surface area (Å²) in [5, 5.41) is 7.69. The van der Waals surface area contributed by atoms with Crippen molar-refractivity contribution in [3.05, 3.63) is 11.8 Å². The maximum Gasteiger partial charge on any atom is 0.350 e. The van der Waals surface area contributed by atoms with Gasteiger partial charge in [0.2, 0.25) is 0 Å². The molecule has 0 saturated carbocycles. The Morgan fingerprint density at radius 3 is 2.91 bits per heavy atom. The van der Waals surface area contributed by atoms with Crippen LogP contribution in [0, 0.1) is 0 Å². The number of likely N-dealkylation sites (N-methyl/N-ethyl adjacent to an activating group) is 1. The molecule has 0 bridgehead atoms. The Morgan fingerprint density at radius 1 is 1.55 bits per heavy atom. The Morgan fingerprint density at radius 2 is 2.27 bits per heavy atom. The average molecular weight is 152 g/mol. The number of allylic oxidation sites excluding steroid dienone is 1. The highest BCUT2D eigenvalue weighted by atomic mass is 15.8. The van der Waals surface area contributed by atoms with Crippen molar-refractivity contribution in [2.75, 3.05) is 7.05 Å². The standard InChI is InChI=1S/C6H10N5/c1-4-3-5-8-9-6(7)11(5,2)10-4/h3,10H,1-2H3,(H2,7,9)/q+1. The second kappa shape index (κ2) is 1.62. The fourth-order valence-electron chi connectivity index (χ4n) is 1.25. The van der Waals surface area contributed by atoms with E-state index in [0.717, 1.165) is 11.5 Å². The van der Waals surface area contributed by atoms with E-state index in [4.69, 9.17) is 5.73 Å². The lowest BCUT2D eigenvalue weighted by Crippen LogP contribution is -2.59. The van der Waals surface area contributed by atoms with Gasteiger partial charge >= 0.3 is 5.96 Å². The van der Waals surface area contributed by atoms with E-state index in [1.165, 1.54) is 0 Å². The molecule has 0 spiro atoms. The molecule has 2 aliphatic rings. The van der Waals surface area contributed by atoms with Crippen LogP contribution in [-0.2, 0) is 0 Å². The monoisotopic (exact) mass is 152 g/mol. The Bertz CT molecular complexity index is 300. The predicted octanol–water partition coefficient (Wildman–Crippen LogP) is -0.503. The van der Waals surface area contributed by atoms with Gasteiger partial charge in [0, 0.05) is 6.08 Å². The summed E-state index contributed by atoms with van der Waals surface area (Å²) < 4.78 is 0.325. The molecule has 0 saturated heterocycles. The molecule has 2 heterocycles. The Hall–Kier alpha value is -1.36. The molecule has 58 valence electrons. The fraction of sp³-hybridized carbons (Fsp3) is 0.333. The zero-order valence-electron chi connectivity index (χ0n) is 6.50. The molecule has 2 rings (SSSR count). The van der Waals surface area contributed by atoms with Crippen LogP contribution in [0.2, 0.25) is 0 Å². The first-order valence-electron chi connectivity index (χ1n) is 3.38. The molecule has 0 aromatic rings. The third-order valence-corrected chi connectivity index (χ3v) is 1.92. The van der Waals surface area contributed by atoms with Crippen molar-refractivity contribution in [3.8, 4) is 0 Å². The van der Waals surface area contributed by atoms with Gasteiger partial charge in [-0.1, -0.05) is 10.2 Å². The van der Waals surface area contributed by atoms with E-state index in [1.54, 1.807) is 0 Å². The molecule has 1 atom stereocenters. The van der Waals surface area contributed by atoms with Crippen molar-refractivity contribution >= 4 is 11.8 Å². The summed E-state index contributed by atoms with van der Waals surface area (Å²) >= 11 is 0. The number of fused-ring (bicyclic) bond motifs is 1. The van der Waals surface area contributed by atoms with Crippen LogP contribution in [0.15, 0.2) is 22.0 Å². The normalized spacial score (nSPS) is 33.8. The van der Waals surface area contributed by atoms with E-state index in [-0.39, 0.29) is 0 Å². The van der Waals surface area contributed by atoms with E-state index in [9.17, 15) is 0 Å². The van der Waals surface area contributed by atoms with Crippen molar-refractivity contribution in [2.24, 2.45) is 15.9 Å². The molecular formula is C6H10N5+. The number of hydrogen-bond acceptors (Lipinski definition) is 4. The average Bonchev–Trinajstić information content (AvgIpc) is 2.32. The van der Waals surface area contributed by atoms with Crippen LogP contribution in [0.3, 0.4) is 0 Å². The van der Waals surface area contributed by atoms with Crippen LogP contribution in [0.1, 0.15) is 6.92 Å². The van der Waals surface area contributed by atoms with Gasteiger partial charge in [0.15, 0.2) is 0 Å². The fourth-order valence-corrected chi connectivity index (χ4v) is 1.25. The topological polar surface area (TPSA) is 62.8 Å². The molecule has 1 unspecified atom stereocenters. The molecule has 5 nitrogen and oxygen atoms in total. The van der Waals surface area contributed by atoms with Gasteiger partial charge in [-0.15, -0.1) is 4.59 Å². The zero-order valence-corrected chi connectivity index (χ0v) is 6.50. The van der Waals surface area contributed by atoms with Crippen LogP contribution in [0.4, 0.5) is 0 Å². The number of nitrogens with one attached hydrogen (secondary N) is 1. The number of guanidine groups is 1. The molecule has 3 N–H and O–H groups in total. The van der Waals surface area contributed by atoms with E-state index in [0.29, 0.717) is 10.6 Å². The SMILES string of the molecule is CC1=CC2=NN=C(N)[N+]2(C)N1. The predicted molar refractivity (Wildman–Crippen MR) is 42.1 cm³/mol. The first kappa shape index (κ1) is 6.36. The lowest BCUT2D eigenvalue weighted by molar-refractivity contribution is -0.764. The largest absolute Gasteiger partial charge is 0.350 e. The van der Waals surface area contributed by atoms with Gasteiger partial charge < -0.3 is 5.73 Å². The quantitative estimate of drug-likeness (QED) is 0.459. The van der Waals surface area contributed by atoms with Crippen LogP contribution in [0.5, 0.6) is 0 Å². The highest BCUT2D eigenvalue weighted by Crippen LogP contribution is 2.17. The Kier molecular flexibility index (Phi) is 0.937. The maximum atomic E-state index is 5.63. The summed E-state index contributed by atoms with van der Waals surface area (Å²) in [5.74, 6) is 1.33. The summed E-state index contributed by atoms with van der Waals surface area (Å²) in [5.41, 5.74) is 9.84. The summed E-state index contributed by atoms with van der Waals surface area (Å²) in [4.78, 5) is 0. The Balaban J connectivity index is 2.45. The van der Waals surface area contributed by atoms with Gasteiger partial charge in [0.05, 0.1) is 5.70 Å². The minimum atomic E-state index is 0.325. The number of nitrogens with zero attached hydrogens (tertiary/aromatic N) is 3. The second-order valence-corrected chi connectivity index (χ2v) is 2.86. The van der Waals surface area contributed by atoms with E-state index >= 15 is 0 Å². The molecule has 5 heteroatoms. The number of amidine groups is 1. The molecule has 0 amide bonds. The third kappa shape index (κ3) is 0.627. The molecule has 0 fully saturated rings. The molecule has 2 aliphatic heterocycles. The summed E-state index contributed by atoms with van der Waals surface area (Å²) in [6.45, 7) is 1.97. The minimum absolute atomic E-state index is 0.325. The highest BCUT2D eigenvalue weighted by Gasteiger charge is 2.43. The second-order valence-electron chi connectivity index (χ2n) is 2.86. The number of nitrogens with two attached hydrogens (primary N) is 1. The summed E-state index contributed by atoms with van der Waals surface area (Å²) in [6.07, 6.45) is 1.93. The van der Waals surface area contributed by atoms with Gasteiger partial charge in [-0.05, 0) is 6.92 Å². The molecule has 0 radical (unpaired) electrons. The van der Waals surface area contributed by atoms with Crippen LogP contribution >= 0.6 is 0 Å². The minimum Gasteiger partial charge on any atom is -0.334 e. The summed E-state index contributed by atoms with van der Waals surface area (Å²) in [6, 6.07) is 0. The van der Waals surface area contributed by atoms with Crippen molar-refractivity contribution in [1.29, 1.82) is 0 Å². The third-order valence-electron chi connectivity index (χ3n) is 1.92. The number of rotatable bonds is 0. The summed E-state index contributed by atoms with van der Waals surface area (Å²) in [7, 11) is 1.91. The van der Waals surface area contributed by atoms with E-state index in [2.05, 4.69) is 15.6 Å². The Labute approximate surface area is 64.5 Å². The first-order valence-corrected chi connectivity index (χ1v) is 3.38. The van der Waals surface area contributed by atoms with Crippen molar-refractivity contribution in [2.45, 2.75) is 6.92 Å². The molecular weight excluding hydrogens is 142 g/mol. The van der Waals surface area contributed by atoms with E-state index < -0.39 is 0 Å². The zero-order chi connectivity index (χ0) is 8.06. The number of hydrogen-bond donors (Lipinski definition) is 2. The smallest absolute Gasteiger partial charge is 0.334 e. The van der Waals surface area contributed by atoms with Gasteiger partial charge in [-0.3, -0.25) is 0 Å². The molecule has 11 heavy (non-hydrogen) atoms. The number of quaternary nitrogens is 1. The van der Waals surface area contributed by atoms with Gasteiger partial charge in [-0.2, -0.15) is 0 Å². The van der Waals surface area contributed by atoms with Gasteiger partial charge in [-0.25, -0.2) is 5.43 Å².